The highest BCUT2D eigenvalue weighted by molar-refractivity contribution is 5.76. The van der Waals surface area contributed by atoms with Crippen molar-refractivity contribution in [3.63, 3.8) is 0 Å². The molecule has 120 valence electrons. The van der Waals surface area contributed by atoms with Crippen LogP contribution in [0.2, 0.25) is 0 Å². The van der Waals surface area contributed by atoms with Crippen LogP contribution < -0.4 is 11.1 Å². The number of aromatic nitrogens is 2. The van der Waals surface area contributed by atoms with Crippen LogP contribution in [0.3, 0.4) is 0 Å². The topological polar surface area (TPSA) is 90.1 Å². The van der Waals surface area contributed by atoms with Gasteiger partial charge in [0.15, 0.2) is 0 Å². The highest BCUT2D eigenvalue weighted by Crippen LogP contribution is 2.28. The first-order chi connectivity index (χ1) is 11.2. The van der Waals surface area contributed by atoms with Gasteiger partial charge in [-0.2, -0.15) is 0 Å². The normalized spacial score (nSPS) is 20.9. The lowest BCUT2D eigenvalue weighted by atomic mass is 9.80. The number of para-hydroxylation sites is 2. The molecule has 6 heteroatoms. The summed E-state index contributed by atoms with van der Waals surface area (Å²) in [6, 6.07) is 8.00. The number of rotatable bonds is 5. The Hall–Kier alpha value is -2.47. The van der Waals surface area contributed by atoms with Crippen LogP contribution in [0.25, 0.3) is 16.6 Å². The summed E-state index contributed by atoms with van der Waals surface area (Å²) in [6.45, 7) is 0.368. The molecule has 23 heavy (non-hydrogen) atoms. The number of carbonyl (C=O) groups is 1. The molecule has 1 heterocycles. The third-order valence-corrected chi connectivity index (χ3v) is 4.16. The van der Waals surface area contributed by atoms with Gasteiger partial charge in [0.25, 0.3) is 0 Å². The number of hydrogen-bond acceptors (Lipinski definition) is 6. The van der Waals surface area contributed by atoms with Gasteiger partial charge >= 0.3 is 5.97 Å². The van der Waals surface area contributed by atoms with E-state index in [-0.39, 0.29) is 17.9 Å². The Morgan fingerprint density at radius 1 is 1.39 bits per heavy atom. The zero-order chi connectivity index (χ0) is 16.2. The van der Waals surface area contributed by atoms with E-state index >= 15 is 0 Å². The van der Waals surface area contributed by atoms with E-state index < -0.39 is 0 Å². The highest BCUT2D eigenvalue weighted by atomic mass is 16.5. The number of ether oxygens (including phenoxy) is 1. The van der Waals surface area contributed by atoms with Gasteiger partial charge in [-0.05, 0) is 25.0 Å². The number of nitrogens with zero attached hydrogens (tertiary/aromatic N) is 2. The van der Waals surface area contributed by atoms with Crippen molar-refractivity contribution in [2.75, 3.05) is 13.7 Å². The first-order valence-electron chi connectivity index (χ1n) is 7.66. The average Bonchev–Trinajstić information content (AvgIpc) is 2.56. The van der Waals surface area contributed by atoms with Gasteiger partial charge in [-0.25, -0.2) is 4.98 Å². The molecule has 0 atom stereocenters. The molecule has 3 rings (SSSR count). The van der Waals surface area contributed by atoms with Crippen molar-refractivity contribution in [2.45, 2.75) is 18.9 Å². The van der Waals surface area contributed by atoms with Gasteiger partial charge in [0.1, 0.15) is 0 Å². The van der Waals surface area contributed by atoms with Gasteiger partial charge in [0.2, 0.25) is 0 Å². The zero-order valence-corrected chi connectivity index (χ0v) is 13.0. The Morgan fingerprint density at radius 2 is 2.13 bits per heavy atom. The predicted molar refractivity (Wildman–Crippen MR) is 88.2 cm³/mol. The van der Waals surface area contributed by atoms with E-state index in [0.717, 1.165) is 35.1 Å². The van der Waals surface area contributed by atoms with Gasteiger partial charge < -0.3 is 15.8 Å². The predicted octanol–water partition coefficient (Wildman–Crippen LogP) is 1.47. The number of methoxy groups -OCH3 is 1. The second-order valence-corrected chi connectivity index (χ2v) is 5.67. The Kier molecular flexibility index (Phi) is 4.52. The molecule has 1 saturated carbocycles. The summed E-state index contributed by atoms with van der Waals surface area (Å²) in [5.41, 5.74) is 9.21. The molecule has 0 spiro atoms. The molecule has 1 aromatic heterocycles. The second kappa shape index (κ2) is 6.75. The van der Waals surface area contributed by atoms with Gasteiger partial charge in [-0.3, -0.25) is 9.78 Å². The van der Waals surface area contributed by atoms with E-state index in [1.807, 2.05) is 30.5 Å². The van der Waals surface area contributed by atoms with E-state index in [2.05, 4.69) is 15.3 Å². The van der Waals surface area contributed by atoms with Crippen LogP contribution in [0.1, 0.15) is 18.5 Å². The molecular weight excluding hydrogens is 292 g/mol. The third kappa shape index (κ3) is 3.32. The lowest BCUT2D eigenvalue weighted by molar-refractivity contribution is -0.149. The fourth-order valence-corrected chi connectivity index (χ4v) is 2.68. The van der Waals surface area contributed by atoms with Crippen molar-refractivity contribution in [3.05, 3.63) is 42.4 Å². The van der Waals surface area contributed by atoms with Crippen LogP contribution in [-0.2, 0) is 9.53 Å². The standard InChI is InChI=1S/C17H20N4O2/c1-23-17(22)11-6-13(7-11)19-9-12(8-18)16-10-20-14-4-2-3-5-15(14)21-16/h2-5,9-11,13,19H,6-8,18H2,1H3/b12-9+. The van der Waals surface area contributed by atoms with Gasteiger partial charge in [-0.15, -0.1) is 0 Å². The first kappa shape index (κ1) is 15.4. The number of nitrogens with two attached hydrogens (primary N) is 1. The molecule has 0 unspecified atom stereocenters. The quantitative estimate of drug-likeness (QED) is 0.813. The van der Waals surface area contributed by atoms with Crippen molar-refractivity contribution >= 4 is 22.6 Å². The largest absolute Gasteiger partial charge is 0.469 e. The van der Waals surface area contributed by atoms with Crippen molar-refractivity contribution in [2.24, 2.45) is 11.7 Å². The van der Waals surface area contributed by atoms with Crippen LogP contribution in [0.15, 0.2) is 36.7 Å². The fraction of sp³-hybridized carbons (Fsp3) is 0.353. The van der Waals surface area contributed by atoms with Gasteiger partial charge in [-0.1, -0.05) is 12.1 Å². The lowest BCUT2D eigenvalue weighted by Gasteiger charge is -2.33. The lowest BCUT2D eigenvalue weighted by Crippen LogP contribution is -2.42. The van der Waals surface area contributed by atoms with Crippen LogP contribution in [0.5, 0.6) is 0 Å². The average molecular weight is 312 g/mol. The van der Waals surface area contributed by atoms with Crippen LogP contribution in [-0.4, -0.2) is 35.6 Å². The highest BCUT2D eigenvalue weighted by Gasteiger charge is 2.34. The monoisotopic (exact) mass is 312 g/mol. The van der Waals surface area contributed by atoms with Crippen molar-refractivity contribution in [1.82, 2.24) is 15.3 Å². The maximum atomic E-state index is 11.4. The van der Waals surface area contributed by atoms with Gasteiger partial charge in [0.05, 0.1) is 36.0 Å². The number of fused-ring (bicyclic) bond motifs is 1. The summed E-state index contributed by atoms with van der Waals surface area (Å²) < 4.78 is 4.74. The van der Waals surface area contributed by atoms with Crippen LogP contribution in [0.4, 0.5) is 0 Å². The summed E-state index contributed by atoms with van der Waals surface area (Å²) in [5, 5.41) is 3.31. The molecule has 2 aromatic rings. The molecular formula is C17H20N4O2. The molecule has 0 saturated heterocycles. The first-order valence-corrected chi connectivity index (χ1v) is 7.66. The molecule has 0 bridgehead atoms. The summed E-state index contributed by atoms with van der Waals surface area (Å²) >= 11 is 0. The fourth-order valence-electron chi connectivity index (χ4n) is 2.68. The summed E-state index contributed by atoms with van der Waals surface area (Å²) in [6.07, 6.45) is 5.19. The zero-order valence-electron chi connectivity index (χ0n) is 13.0. The maximum absolute atomic E-state index is 11.4. The minimum Gasteiger partial charge on any atom is -0.469 e. The Morgan fingerprint density at radius 3 is 2.83 bits per heavy atom. The minimum atomic E-state index is -0.133. The van der Waals surface area contributed by atoms with E-state index in [1.54, 1.807) is 6.20 Å². The van der Waals surface area contributed by atoms with E-state index in [4.69, 9.17) is 10.5 Å². The Bertz CT molecular complexity index is 738. The van der Waals surface area contributed by atoms with Crippen LogP contribution in [0, 0.1) is 5.92 Å². The number of hydrogen-bond donors (Lipinski definition) is 2. The van der Waals surface area contributed by atoms with E-state index in [0.29, 0.717) is 6.54 Å². The number of nitrogens with one attached hydrogen (secondary N) is 1. The summed E-state index contributed by atoms with van der Waals surface area (Å²) in [5.74, 6) is -0.126. The molecule has 0 radical (unpaired) electrons. The molecule has 1 aromatic carbocycles. The third-order valence-electron chi connectivity index (χ3n) is 4.16. The minimum absolute atomic E-state index is 0.00712. The number of carbonyl (C=O) groups excluding carboxylic acids is 1. The molecule has 6 nitrogen and oxygen atoms in total. The molecule has 0 amide bonds. The second-order valence-electron chi connectivity index (χ2n) is 5.67. The smallest absolute Gasteiger partial charge is 0.308 e. The van der Waals surface area contributed by atoms with Crippen molar-refractivity contribution in [1.29, 1.82) is 0 Å². The SMILES string of the molecule is COC(=O)C1CC(N/C=C(\CN)c2cnc3ccccc3n2)C1. The summed E-state index contributed by atoms with van der Waals surface area (Å²) in [7, 11) is 1.42. The molecule has 3 N–H and O–H groups in total. The number of benzene rings is 1. The molecule has 0 aliphatic heterocycles. The molecule has 1 aliphatic rings. The van der Waals surface area contributed by atoms with Crippen LogP contribution >= 0.6 is 0 Å². The molecule has 1 aliphatic carbocycles. The maximum Gasteiger partial charge on any atom is 0.308 e. The van der Waals surface area contributed by atoms with Crippen molar-refractivity contribution < 1.29 is 9.53 Å². The summed E-state index contributed by atoms with van der Waals surface area (Å²) in [4.78, 5) is 20.4. The molecule has 1 fully saturated rings. The number of esters is 1. The van der Waals surface area contributed by atoms with Crippen molar-refractivity contribution in [3.8, 4) is 0 Å². The Labute approximate surface area is 134 Å². The van der Waals surface area contributed by atoms with E-state index in [1.165, 1.54) is 7.11 Å². The van der Waals surface area contributed by atoms with Gasteiger partial charge in [0, 0.05) is 24.4 Å². The Balaban J connectivity index is 1.68. The van der Waals surface area contributed by atoms with E-state index in [9.17, 15) is 4.79 Å².